The van der Waals surface area contributed by atoms with Gasteiger partial charge in [0.05, 0.1) is 11.7 Å². The van der Waals surface area contributed by atoms with Crippen LogP contribution < -0.4 is 4.90 Å². The normalized spacial score (nSPS) is 15.9. The molecule has 0 saturated carbocycles. The second-order valence-corrected chi connectivity index (χ2v) is 7.70. The van der Waals surface area contributed by atoms with Gasteiger partial charge in [0, 0.05) is 63.6 Å². The van der Waals surface area contributed by atoms with Crippen LogP contribution in [0.1, 0.15) is 36.6 Å². The van der Waals surface area contributed by atoms with Gasteiger partial charge in [-0.05, 0) is 54.7 Å². The fourth-order valence-electron chi connectivity index (χ4n) is 3.90. The minimum Gasteiger partial charge on any atom is -0.347 e. The maximum absolute atomic E-state index is 13.1. The number of likely N-dealkylation sites (tertiary alicyclic amines) is 1. The maximum Gasteiger partial charge on any atom is 0.225 e. The molecule has 3 aromatic rings. The second-order valence-electron chi connectivity index (χ2n) is 7.70. The van der Waals surface area contributed by atoms with Crippen LogP contribution in [0.25, 0.3) is 11.1 Å². The molecule has 0 N–H and O–H groups in total. The predicted molar refractivity (Wildman–Crippen MR) is 116 cm³/mol. The van der Waals surface area contributed by atoms with Crippen LogP contribution >= 0.6 is 0 Å². The van der Waals surface area contributed by atoms with Crippen LogP contribution in [0.4, 0.5) is 5.95 Å². The van der Waals surface area contributed by atoms with Crippen LogP contribution in [0, 0.1) is 0 Å². The summed E-state index contributed by atoms with van der Waals surface area (Å²) < 4.78 is 0. The summed E-state index contributed by atoms with van der Waals surface area (Å²) in [5, 5.41) is 0. The third-order valence-corrected chi connectivity index (χ3v) is 5.46. The molecule has 0 aliphatic carbocycles. The van der Waals surface area contributed by atoms with E-state index in [4.69, 9.17) is 4.98 Å². The van der Waals surface area contributed by atoms with E-state index in [0.717, 1.165) is 41.8 Å². The van der Waals surface area contributed by atoms with E-state index >= 15 is 0 Å². The van der Waals surface area contributed by atoms with Gasteiger partial charge in [0.15, 0.2) is 0 Å². The van der Waals surface area contributed by atoms with E-state index in [1.54, 1.807) is 24.8 Å². The Kier molecular flexibility index (Phi) is 5.97. The third-order valence-electron chi connectivity index (χ3n) is 5.46. The molecule has 30 heavy (non-hydrogen) atoms. The van der Waals surface area contributed by atoms with Crippen molar-refractivity contribution in [3.8, 4) is 11.1 Å². The number of amides is 1. The number of nitrogens with zero attached hydrogens (tertiary/aromatic N) is 6. The molecule has 4 heterocycles. The molecule has 3 aromatic heterocycles. The van der Waals surface area contributed by atoms with Crippen molar-refractivity contribution in [1.82, 2.24) is 24.8 Å². The van der Waals surface area contributed by atoms with Crippen molar-refractivity contribution in [1.29, 1.82) is 0 Å². The summed E-state index contributed by atoms with van der Waals surface area (Å²) in [6, 6.07) is 7.80. The quantitative estimate of drug-likeness (QED) is 0.630. The van der Waals surface area contributed by atoms with E-state index in [0.29, 0.717) is 18.8 Å². The van der Waals surface area contributed by atoms with Crippen molar-refractivity contribution in [3.05, 3.63) is 66.5 Å². The van der Waals surface area contributed by atoms with E-state index in [1.165, 1.54) is 0 Å². The number of hydrogen-bond acceptors (Lipinski definition) is 6. The summed E-state index contributed by atoms with van der Waals surface area (Å²) in [5.74, 6) is 0.818. The Balaban J connectivity index is 1.62. The number of carbonyl (C=O) groups excluding carboxylic acids is 1. The van der Waals surface area contributed by atoms with Crippen molar-refractivity contribution in [3.63, 3.8) is 0 Å². The predicted octanol–water partition coefficient (Wildman–Crippen LogP) is 3.30. The molecule has 1 aliphatic rings. The Labute approximate surface area is 176 Å². The number of anilines is 1. The molecule has 1 aliphatic heterocycles. The highest BCUT2D eigenvalue weighted by molar-refractivity contribution is 5.78. The zero-order valence-electron chi connectivity index (χ0n) is 17.4. The number of carbonyl (C=O) groups is 1. The molecule has 7 nitrogen and oxygen atoms in total. The average molecular weight is 403 g/mol. The van der Waals surface area contributed by atoms with Crippen molar-refractivity contribution in [2.45, 2.75) is 31.7 Å². The molecule has 154 valence electrons. The molecule has 1 saturated heterocycles. The van der Waals surface area contributed by atoms with Crippen LogP contribution in [0.3, 0.4) is 0 Å². The van der Waals surface area contributed by atoms with Gasteiger partial charge in [0.1, 0.15) is 0 Å². The van der Waals surface area contributed by atoms with Crippen molar-refractivity contribution >= 4 is 11.9 Å². The highest BCUT2D eigenvalue weighted by Gasteiger charge is 2.33. The van der Waals surface area contributed by atoms with E-state index in [2.05, 4.69) is 15.0 Å². The molecule has 0 spiro atoms. The van der Waals surface area contributed by atoms with E-state index in [1.807, 2.05) is 54.4 Å². The van der Waals surface area contributed by atoms with Gasteiger partial charge >= 0.3 is 0 Å². The van der Waals surface area contributed by atoms with E-state index in [9.17, 15) is 4.79 Å². The Morgan fingerprint density at radius 3 is 2.50 bits per heavy atom. The first-order valence-electron chi connectivity index (χ1n) is 10.3. The second kappa shape index (κ2) is 8.98. The fourth-order valence-corrected chi connectivity index (χ4v) is 3.90. The molecular weight excluding hydrogens is 376 g/mol. The zero-order chi connectivity index (χ0) is 20.9. The monoisotopic (exact) mass is 402 g/mol. The van der Waals surface area contributed by atoms with Gasteiger partial charge in [-0.1, -0.05) is 0 Å². The van der Waals surface area contributed by atoms with Crippen molar-refractivity contribution in [2.75, 3.05) is 25.5 Å². The van der Waals surface area contributed by atoms with E-state index in [-0.39, 0.29) is 11.9 Å². The Hall–Kier alpha value is -3.35. The first kappa shape index (κ1) is 19.9. The van der Waals surface area contributed by atoms with Crippen LogP contribution in [0.15, 0.2) is 55.2 Å². The zero-order valence-corrected chi connectivity index (χ0v) is 17.4. The molecule has 7 heteroatoms. The van der Waals surface area contributed by atoms with E-state index < -0.39 is 0 Å². The van der Waals surface area contributed by atoms with Gasteiger partial charge in [-0.2, -0.15) is 0 Å². The van der Waals surface area contributed by atoms with Crippen LogP contribution in [0.5, 0.6) is 0 Å². The Bertz CT molecular complexity index is 993. The topological polar surface area (TPSA) is 75.1 Å². The Morgan fingerprint density at radius 1 is 1.10 bits per heavy atom. The number of aromatic nitrogens is 4. The van der Waals surface area contributed by atoms with Crippen LogP contribution in [0.2, 0.25) is 0 Å². The standard InChI is InChI=1S/C23H26N6O/c1-28(2)23-26-16-19(18-9-13-25-14-10-18)22(27-23)20-4-3-15-29(20)21(30)6-5-17-7-11-24-12-8-17/h7-14,16,20H,3-6,15H2,1-2H3/t20-/m1/s1. The van der Waals surface area contributed by atoms with Gasteiger partial charge in [0.25, 0.3) is 0 Å². The summed E-state index contributed by atoms with van der Waals surface area (Å²) in [6.45, 7) is 0.761. The Morgan fingerprint density at radius 2 is 1.80 bits per heavy atom. The molecular formula is C23H26N6O. The molecule has 0 bridgehead atoms. The lowest BCUT2D eigenvalue weighted by Crippen LogP contribution is -2.31. The lowest BCUT2D eigenvalue weighted by atomic mass is 10.0. The molecule has 4 rings (SSSR count). The maximum atomic E-state index is 13.1. The first-order valence-corrected chi connectivity index (χ1v) is 10.3. The lowest BCUT2D eigenvalue weighted by molar-refractivity contribution is -0.132. The number of pyridine rings is 2. The molecule has 1 fully saturated rings. The summed E-state index contributed by atoms with van der Waals surface area (Å²) in [6.07, 6.45) is 12.0. The van der Waals surface area contributed by atoms with Gasteiger partial charge in [-0.25, -0.2) is 9.97 Å². The smallest absolute Gasteiger partial charge is 0.225 e. The number of hydrogen-bond donors (Lipinski definition) is 0. The lowest BCUT2D eigenvalue weighted by Gasteiger charge is -2.27. The largest absolute Gasteiger partial charge is 0.347 e. The molecule has 0 aromatic carbocycles. The number of rotatable bonds is 6. The van der Waals surface area contributed by atoms with Gasteiger partial charge in [0.2, 0.25) is 11.9 Å². The summed E-state index contributed by atoms with van der Waals surface area (Å²) in [7, 11) is 3.86. The van der Waals surface area contributed by atoms with Crippen molar-refractivity contribution < 1.29 is 4.79 Å². The summed E-state index contributed by atoms with van der Waals surface area (Å²) in [5.41, 5.74) is 4.02. The summed E-state index contributed by atoms with van der Waals surface area (Å²) >= 11 is 0. The number of aryl methyl sites for hydroxylation is 1. The van der Waals surface area contributed by atoms with Crippen LogP contribution in [-0.4, -0.2) is 51.4 Å². The van der Waals surface area contributed by atoms with Gasteiger partial charge < -0.3 is 9.80 Å². The highest BCUT2D eigenvalue weighted by atomic mass is 16.2. The molecule has 1 amide bonds. The van der Waals surface area contributed by atoms with Gasteiger partial charge in [-0.15, -0.1) is 0 Å². The molecule has 0 unspecified atom stereocenters. The highest BCUT2D eigenvalue weighted by Crippen LogP contribution is 2.37. The van der Waals surface area contributed by atoms with Crippen LogP contribution in [-0.2, 0) is 11.2 Å². The first-order chi connectivity index (χ1) is 14.6. The van der Waals surface area contributed by atoms with Gasteiger partial charge in [-0.3, -0.25) is 14.8 Å². The minimum atomic E-state index is -0.0418. The molecule has 1 atom stereocenters. The fraction of sp³-hybridized carbons (Fsp3) is 0.348. The van der Waals surface area contributed by atoms with Crippen molar-refractivity contribution in [2.24, 2.45) is 0 Å². The SMILES string of the molecule is CN(C)c1ncc(-c2ccncc2)c([C@H]2CCCN2C(=O)CCc2ccncc2)n1. The minimum absolute atomic E-state index is 0.0418. The third kappa shape index (κ3) is 4.30. The summed E-state index contributed by atoms with van der Waals surface area (Å²) in [4.78, 5) is 34.6. The molecule has 0 radical (unpaired) electrons. The average Bonchev–Trinajstić information content (AvgIpc) is 3.28.